The maximum absolute atomic E-state index is 14.2. The number of hydrogen-bond acceptors (Lipinski definition) is 3. The molecule has 0 heterocycles. The second-order valence-electron chi connectivity index (χ2n) is 5.54. The molecule has 0 spiro atoms. The number of rotatable bonds is 5. The highest BCUT2D eigenvalue weighted by atomic mass is 32.1. The number of ether oxygens (including phenoxy) is 2. The molecular formula is C19H22FNO2S. The molecule has 2 aromatic carbocycles. The van der Waals surface area contributed by atoms with Crippen LogP contribution in [0.2, 0.25) is 0 Å². The molecule has 0 radical (unpaired) electrons. The zero-order valence-corrected chi connectivity index (χ0v) is 15.2. The van der Waals surface area contributed by atoms with Gasteiger partial charge in [0, 0.05) is 7.05 Å². The topological polar surface area (TPSA) is 30.5 Å². The quantitative estimate of drug-likeness (QED) is 0.809. The first-order valence-corrected chi connectivity index (χ1v) is 8.27. The maximum atomic E-state index is 14.2. The molecule has 3 nitrogen and oxygen atoms in total. The third kappa shape index (κ3) is 4.23. The van der Waals surface area contributed by atoms with Crippen LogP contribution in [0, 0.1) is 19.7 Å². The minimum Gasteiger partial charge on any atom is -0.488 e. The van der Waals surface area contributed by atoms with Crippen LogP contribution in [0.25, 0.3) is 0 Å². The lowest BCUT2D eigenvalue weighted by atomic mass is 10.0. The SMILES string of the molecule is CCc1cc(C)c(OCc2c(F)cccc2OC(=S)NC)cc1C. The van der Waals surface area contributed by atoms with Gasteiger partial charge in [0.25, 0.3) is 5.17 Å². The van der Waals surface area contributed by atoms with Crippen LogP contribution in [-0.4, -0.2) is 12.2 Å². The van der Waals surface area contributed by atoms with E-state index in [1.807, 2.05) is 19.9 Å². The average molecular weight is 347 g/mol. The van der Waals surface area contributed by atoms with Gasteiger partial charge in [-0.15, -0.1) is 0 Å². The van der Waals surface area contributed by atoms with Gasteiger partial charge in [0.2, 0.25) is 0 Å². The molecule has 5 heteroatoms. The highest BCUT2D eigenvalue weighted by Crippen LogP contribution is 2.27. The van der Waals surface area contributed by atoms with Crippen molar-refractivity contribution >= 4 is 17.4 Å². The second-order valence-corrected chi connectivity index (χ2v) is 5.91. The molecule has 0 aromatic heterocycles. The van der Waals surface area contributed by atoms with Gasteiger partial charge in [0.1, 0.15) is 23.9 Å². The number of nitrogens with one attached hydrogen (secondary N) is 1. The van der Waals surface area contributed by atoms with Gasteiger partial charge in [-0.2, -0.15) is 0 Å². The lowest BCUT2D eigenvalue weighted by Crippen LogP contribution is -2.22. The van der Waals surface area contributed by atoms with Crippen LogP contribution in [-0.2, 0) is 13.0 Å². The summed E-state index contributed by atoms with van der Waals surface area (Å²) in [6, 6.07) is 8.74. The number of halogens is 1. The molecule has 0 saturated carbocycles. The highest BCUT2D eigenvalue weighted by Gasteiger charge is 2.13. The Hall–Kier alpha value is -2.14. The highest BCUT2D eigenvalue weighted by molar-refractivity contribution is 7.80. The van der Waals surface area contributed by atoms with Gasteiger partial charge in [-0.1, -0.05) is 19.1 Å². The van der Waals surface area contributed by atoms with Crippen LogP contribution in [0.3, 0.4) is 0 Å². The summed E-state index contributed by atoms with van der Waals surface area (Å²) in [6.07, 6.45) is 0.972. The molecule has 2 rings (SSSR count). The Morgan fingerprint density at radius 3 is 2.58 bits per heavy atom. The van der Waals surface area contributed by atoms with Gasteiger partial charge in [-0.05, 0) is 67.4 Å². The fourth-order valence-corrected chi connectivity index (χ4v) is 2.55. The van der Waals surface area contributed by atoms with Crippen molar-refractivity contribution in [2.75, 3.05) is 7.05 Å². The van der Waals surface area contributed by atoms with E-state index in [9.17, 15) is 4.39 Å². The Morgan fingerprint density at radius 1 is 1.17 bits per heavy atom. The number of benzene rings is 2. The molecule has 1 N–H and O–H groups in total. The van der Waals surface area contributed by atoms with E-state index in [0.29, 0.717) is 11.3 Å². The number of aryl methyl sites for hydroxylation is 3. The van der Waals surface area contributed by atoms with Crippen molar-refractivity contribution in [1.82, 2.24) is 5.32 Å². The lowest BCUT2D eigenvalue weighted by molar-refractivity contribution is 0.292. The second kappa shape index (κ2) is 8.11. The van der Waals surface area contributed by atoms with Gasteiger partial charge in [0.15, 0.2) is 0 Å². The molecule has 2 aromatic rings. The summed E-state index contributed by atoms with van der Waals surface area (Å²) in [6.45, 7) is 6.23. The molecule has 0 saturated heterocycles. The van der Waals surface area contributed by atoms with Crippen LogP contribution < -0.4 is 14.8 Å². The zero-order chi connectivity index (χ0) is 17.7. The van der Waals surface area contributed by atoms with E-state index >= 15 is 0 Å². The van der Waals surface area contributed by atoms with Gasteiger partial charge >= 0.3 is 0 Å². The van der Waals surface area contributed by atoms with Crippen LogP contribution in [0.4, 0.5) is 4.39 Å². The molecule has 0 aliphatic rings. The molecule has 0 aliphatic heterocycles. The smallest absolute Gasteiger partial charge is 0.261 e. The minimum atomic E-state index is -0.383. The summed E-state index contributed by atoms with van der Waals surface area (Å²) in [5.41, 5.74) is 3.82. The maximum Gasteiger partial charge on any atom is 0.261 e. The summed E-state index contributed by atoms with van der Waals surface area (Å²) in [7, 11) is 1.65. The molecule has 0 unspecified atom stereocenters. The monoisotopic (exact) mass is 347 g/mol. The molecule has 0 aliphatic carbocycles. The van der Waals surface area contributed by atoms with Crippen molar-refractivity contribution in [2.24, 2.45) is 0 Å². The van der Waals surface area contributed by atoms with Crippen molar-refractivity contribution in [3.8, 4) is 11.5 Å². The standard InChI is InChI=1S/C19H22FNO2S/c1-5-14-9-13(3)18(10-12(14)2)22-11-15-16(20)7-6-8-17(15)23-19(24)21-4/h6-10H,5,11H2,1-4H3,(H,21,24). The van der Waals surface area contributed by atoms with Crippen LogP contribution in [0.1, 0.15) is 29.2 Å². The van der Waals surface area contributed by atoms with E-state index in [1.165, 1.54) is 17.2 Å². The van der Waals surface area contributed by atoms with Crippen LogP contribution in [0.5, 0.6) is 11.5 Å². The first kappa shape index (κ1) is 18.2. The fourth-order valence-electron chi connectivity index (χ4n) is 2.46. The van der Waals surface area contributed by atoms with Gasteiger partial charge in [-0.3, -0.25) is 0 Å². The largest absolute Gasteiger partial charge is 0.488 e. The van der Waals surface area contributed by atoms with Crippen molar-refractivity contribution < 1.29 is 13.9 Å². The lowest BCUT2D eigenvalue weighted by Gasteiger charge is -2.15. The molecule has 128 valence electrons. The number of thiocarbonyl (C=S) groups is 1. The molecule has 0 bridgehead atoms. The summed E-state index contributed by atoms with van der Waals surface area (Å²) in [5.74, 6) is 0.718. The van der Waals surface area contributed by atoms with Crippen molar-refractivity contribution in [1.29, 1.82) is 0 Å². The Kier molecular flexibility index (Phi) is 6.15. The minimum absolute atomic E-state index is 0.0695. The predicted octanol–water partition coefficient (Wildman–Crippen LogP) is 4.47. The van der Waals surface area contributed by atoms with E-state index in [2.05, 4.69) is 18.3 Å². The van der Waals surface area contributed by atoms with E-state index in [4.69, 9.17) is 21.7 Å². The van der Waals surface area contributed by atoms with Gasteiger partial charge in [0.05, 0.1) is 5.56 Å². The van der Waals surface area contributed by atoms with Gasteiger partial charge in [-0.25, -0.2) is 4.39 Å². The normalized spacial score (nSPS) is 10.4. The zero-order valence-electron chi connectivity index (χ0n) is 14.4. The van der Waals surface area contributed by atoms with E-state index in [-0.39, 0.29) is 17.6 Å². The Balaban J connectivity index is 2.23. The molecule has 24 heavy (non-hydrogen) atoms. The first-order valence-electron chi connectivity index (χ1n) is 7.86. The van der Waals surface area contributed by atoms with E-state index in [0.717, 1.165) is 17.7 Å². The van der Waals surface area contributed by atoms with Crippen LogP contribution in [0.15, 0.2) is 30.3 Å². The third-order valence-electron chi connectivity index (χ3n) is 3.87. The molecule has 0 amide bonds. The van der Waals surface area contributed by atoms with Crippen molar-refractivity contribution in [3.05, 3.63) is 58.4 Å². The van der Waals surface area contributed by atoms with Crippen molar-refractivity contribution in [3.63, 3.8) is 0 Å². The molecule has 0 fully saturated rings. The predicted molar refractivity (Wildman–Crippen MR) is 98.3 cm³/mol. The Morgan fingerprint density at radius 2 is 1.92 bits per heavy atom. The third-order valence-corrected chi connectivity index (χ3v) is 4.16. The fraction of sp³-hybridized carbons (Fsp3) is 0.316. The van der Waals surface area contributed by atoms with Crippen molar-refractivity contribution in [2.45, 2.75) is 33.8 Å². The molecular weight excluding hydrogens is 325 g/mol. The molecule has 0 atom stereocenters. The summed E-state index contributed by atoms with van der Waals surface area (Å²) in [4.78, 5) is 0. The number of hydrogen-bond donors (Lipinski definition) is 1. The van der Waals surface area contributed by atoms with Crippen LogP contribution >= 0.6 is 12.2 Å². The van der Waals surface area contributed by atoms with E-state index in [1.54, 1.807) is 19.2 Å². The van der Waals surface area contributed by atoms with Gasteiger partial charge < -0.3 is 14.8 Å². The summed E-state index contributed by atoms with van der Waals surface area (Å²) >= 11 is 4.99. The first-order chi connectivity index (χ1) is 11.5. The van der Waals surface area contributed by atoms with E-state index < -0.39 is 0 Å². The summed E-state index contributed by atoms with van der Waals surface area (Å²) < 4.78 is 25.5. The Bertz CT molecular complexity index is 746. The Labute approximate surface area is 147 Å². The summed E-state index contributed by atoms with van der Waals surface area (Å²) in [5, 5.41) is 2.89. The average Bonchev–Trinajstić information content (AvgIpc) is 2.56.